The average Bonchev–Trinajstić information content (AvgIpc) is 3.54. The molecule has 1 N–H and O–H groups in total. The highest BCUT2D eigenvalue weighted by atomic mass is 19.1. The number of benzene rings is 2. The number of nitrogens with one attached hydrogen (secondary N) is 1. The van der Waals surface area contributed by atoms with E-state index in [9.17, 15) is 9.18 Å². The maximum atomic E-state index is 14.4. The van der Waals surface area contributed by atoms with Crippen molar-refractivity contribution in [1.29, 1.82) is 0 Å². The van der Waals surface area contributed by atoms with Gasteiger partial charge in [0.2, 0.25) is 11.8 Å². The maximum Gasteiger partial charge on any atom is 0.216 e. The van der Waals surface area contributed by atoms with Crippen molar-refractivity contribution in [3.8, 4) is 5.88 Å². The van der Waals surface area contributed by atoms with Crippen LogP contribution in [0.4, 0.5) is 4.39 Å². The number of allylic oxidation sites excluding steroid dienone is 3. The zero-order valence-electron chi connectivity index (χ0n) is 21.7. The van der Waals surface area contributed by atoms with E-state index in [1.807, 2.05) is 54.7 Å². The third kappa shape index (κ3) is 5.75. The molecule has 2 aromatic heterocycles. The monoisotopic (exact) mass is 509 g/mol. The third-order valence-corrected chi connectivity index (χ3v) is 7.05. The van der Waals surface area contributed by atoms with Crippen LogP contribution in [-0.4, -0.2) is 27.6 Å². The minimum atomic E-state index is -0.438. The number of carbonyl (C=O) groups excluding carboxylic acids is 1. The van der Waals surface area contributed by atoms with E-state index in [2.05, 4.69) is 40.3 Å². The Kier molecular flexibility index (Phi) is 8.07. The Morgan fingerprint density at radius 1 is 1.03 bits per heavy atom. The fraction of sp³-hybridized carbons (Fsp3) is 0.281. The van der Waals surface area contributed by atoms with Crippen LogP contribution in [0.2, 0.25) is 0 Å². The van der Waals surface area contributed by atoms with Crippen LogP contribution in [0.1, 0.15) is 68.6 Å². The molecular formula is C32H32FN3O2. The molecule has 1 fully saturated rings. The molecule has 38 heavy (non-hydrogen) atoms. The maximum absolute atomic E-state index is 14.4. The van der Waals surface area contributed by atoms with Gasteiger partial charge >= 0.3 is 0 Å². The Hall–Kier alpha value is -4.06. The summed E-state index contributed by atoms with van der Waals surface area (Å²) in [5.41, 5.74) is 6.72. The molecule has 0 atom stereocenters. The summed E-state index contributed by atoms with van der Waals surface area (Å²) in [6, 6.07) is 19.8. The number of H-pyrrole nitrogens is 1. The van der Waals surface area contributed by atoms with E-state index in [4.69, 9.17) is 4.74 Å². The molecular weight excluding hydrogens is 477 g/mol. The topological polar surface area (TPSA) is 67.9 Å². The summed E-state index contributed by atoms with van der Waals surface area (Å²) < 4.78 is 20.3. The van der Waals surface area contributed by atoms with Crippen LogP contribution in [0.25, 0.3) is 22.0 Å². The van der Waals surface area contributed by atoms with Crippen LogP contribution in [0.3, 0.4) is 0 Å². The molecule has 2 aromatic carbocycles. The molecule has 2 heterocycles. The van der Waals surface area contributed by atoms with Gasteiger partial charge in [0.05, 0.1) is 17.5 Å². The van der Waals surface area contributed by atoms with E-state index >= 15 is 0 Å². The molecule has 4 aromatic rings. The number of unbranched alkanes of at least 4 members (excludes halogenated alkanes) is 2. The normalized spacial score (nSPS) is 15.3. The van der Waals surface area contributed by atoms with Crippen molar-refractivity contribution in [3.63, 3.8) is 0 Å². The molecule has 0 spiro atoms. The molecule has 0 unspecified atom stereocenters. The standard InChI is InChI=1S/C32H32FN3O2/c1-2-26(22-10-5-3-6-11-22)31(24-15-17-28-27(20-24)32(33)36-35-28)25-16-18-30(34-21-25)38-19-8-4-7-12-23-13-9-14-29(23)37/h3,5-6,10-12,15-18,20-21H,2,4,7-9,13-14,19H2,1H3,(H,35,36)/b23-12+,31-26-. The van der Waals surface area contributed by atoms with Crippen LogP contribution in [0.5, 0.6) is 5.88 Å². The van der Waals surface area contributed by atoms with Gasteiger partial charge in [-0.15, -0.1) is 0 Å². The largest absolute Gasteiger partial charge is 0.478 e. The first kappa shape index (κ1) is 25.6. The first-order chi connectivity index (χ1) is 18.6. The van der Waals surface area contributed by atoms with Crippen molar-refractivity contribution in [2.24, 2.45) is 0 Å². The van der Waals surface area contributed by atoms with Crippen molar-refractivity contribution in [2.75, 3.05) is 6.61 Å². The first-order valence-corrected chi connectivity index (χ1v) is 13.4. The summed E-state index contributed by atoms with van der Waals surface area (Å²) in [4.78, 5) is 16.3. The van der Waals surface area contributed by atoms with E-state index in [0.717, 1.165) is 71.9 Å². The molecule has 194 valence electrons. The molecule has 1 saturated carbocycles. The highest BCUT2D eigenvalue weighted by Crippen LogP contribution is 2.36. The molecule has 0 bridgehead atoms. The molecule has 0 aliphatic heterocycles. The molecule has 1 aliphatic carbocycles. The Morgan fingerprint density at radius 2 is 1.87 bits per heavy atom. The van der Waals surface area contributed by atoms with Gasteiger partial charge in [0.15, 0.2) is 5.78 Å². The van der Waals surface area contributed by atoms with E-state index in [-0.39, 0.29) is 0 Å². The van der Waals surface area contributed by atoms with Crippen molar-refractivity contribution in [3.05, 3.63) is 101 Å². The number of ketones is 1. The second-order valence-corrected chi connectivity index (χ2v) is 9.58. The smallest absolute Gasteiger partial charge is 0.216 e. The fourth-order valence-corrected chi connectivity index (χ4v) is 5.08. The molecule has 0 amide bonds. The lowest BCUT2D eigenvalue weighted by Gasteiger charge is -2.16. The van der Waals surface area contributed by atoms with Gasteiger partial charge in [-0.3, -0.25) is 9.89 Å². The summed E-state index contributed by atoms with van der Waals surface area (Å²) in [5, 5.41) is 6.93. The Bertz CT molecular complexity index is 1470. The highest BCUT2D eigenvalue weighted by Gasteiger charge is 2.17. The van der Waals surface area contributed by atoms with Gasteiger partial charge in [-0.25, -0.2) is 4.98 Å². The minimum absolute atomic E-state index is 0.312. The van der Waals surface area contributed by atoms with Gasteiger partial charge in [0.1, 0.15) is 0 Å². The molecule has 0 saturated heterocycles. The second-order valence-electron chi connectivity index (χ2n) is 9.58. The zero-order valence-corrected chi connectivity index (χ0v) is 21.7. The Balaban J connectivity index is 1.35. The van der Waals surface area contributed by atoms with Gasteiger partial charge in [-0.1, -0.05) is 49.4 Å². The van der Waals surface area contributed by atoms with Crippen LogP contribution >= 0.6 is 0 Å². The minimum Gasteiger partial charge on any atom is -0.478 e. The number of aromatic nitrogens is 3. The number of hydrogen-bond acceptors (Lipinski definition) is 4. The lowest BCUT2D eigenvalue weighted by Crippen LogP contribution is -2.00. The average molecular weight is 510 g/mol. The highest BCUT2D eigenvalue weighted by molar-refractivity contribution is 6.00. The summed E-state index contributed by atoms with van der Waals surface area (Å²) in [6.07, 6.45) is 10.1. The molecule has 5 nitrogen and oxygen atoms in total. The van der Waals surface area contributed by atoms with Crippen LogP contribution in [0, 0.1) is 5.95 Å². The van der Waals surface area contributed by atoms with E-state index in [0.29, 0.717) is 35.6 Å². The van der Waals surface area contributed by atoms with Crippen LogP contribution in [0.15, 0.2) is 78.5 Å². The number of nitrogens with zero attached hydrogens (tertiary/aromatic N) is 2. The van der Waals surface area contributed by atoms with E-state index in [1.54, 1.807) is 0 Å². The first-order valence-electron chi connectivity index (χ1n) is 13.4. The molecule has 6 heteroatoms. The summed E-state index contributed by atoms with van der Waals surface area (Å²) in [6.45, 7) is 2.70. The van der Waals surface area contributed by atoms with Gasteiger partial charge in [0, 0.05) is 24.2 Å². The molecule has 0 radical (unpaired) electrons. The van der Waals surface area contributed by atoms with Crippen molar-refractivity contribution in [2.45, 2.75) is 51.9 Å². The van der Waals surface area contributed by atoms with Crippen molar-refractivity contribution < 1.29 is 13.9 Å². The van der Waals surface area contributed by atoms with Gasteiger partial charge in [0.25, 0.3) is 0 Å². The van der Waals surface area contributed by atoms with Gasteiger partial charge in [-0.05, 0) is 84.6 Å². The lowest BCUT2D eigenvalue weighted by molar-refractivity contribution is -0.114. The third-order valence-electron chi connectivity index (χ3n) is 7.05. The summed E-state index contributed by atoms with van der Waals surface area (Å²) >= 11 is 0. The summed E-state index contributed by atoms with van der Waals surface area (Å²) in [5.74, 6) is 0.450. The summed E-state index contributed by atoms with van der Waals surface area (Å²) in [7, 11) is 0. The van der Waals surface area contributed by atoms with Gasteiger partial charge in [-0.2, -0.15) is 9.49 Å². The second kappa shape index (κ2) is 12.0. The Morgan fingerprint density at radius 3 is 2.61 bits per heavy atom. The SMILES string of the molecule is CC/C(=C(/c1ccc(OCCCC/C=C2\CCCC2=O)nc1)c1ccc2n[nH]c(F)c2c1)c1ccccc1. The van der Waals surface area contributed by atoms with Crippen molar-refractivity contribution in [1.82, 2.24) is 15.2 Å². The van der Waals surface area contributed by atoms with E-state index in [1.165, 1.54) is 0 Å². The molecule has 5 rings (SSSR count). The number of pyridine rings is 1. The van der Waals surface area contributed by atoms with Gasteiger partial charge < -0.3 is 4.74 Å². The predicted octanol–water partition coefficient (Wildman–Crippen LogP) is 7.69. The van der Waals surface area contributed by atoms with E-state index < -0.39 is 5.95 Å². The lowest BCUT2D eigenvalue weighted by atomic mass is 9.88. The van der Waals surface area contributed by atoms with Crippen LogP contribution < -0.4 is 4.74 Å². The number of aromatic amines is 1. The Labute approximate surface area is 222 Å². The predicted molar refractivity (Wildman–Crippen MR) is 149 cm³/mol. The van der Waals surface area contributed by atoms with Crippen molar-refractivity contribution >= 4 is 27.8 Å². The number of ether oxygens (including phenoxy) is 1. The zero-order chi connectivity index (χ0) is 26.3. The number of carbonyl (C=O) groups is 1. The quantitative estimate of drug-likeness (QED) is 0.135. The molecule has 1 aliphatic rings. The fourth-order valence-electron chi connectivity index (χ4n) is 5.08. The number of fused-ring (bicyclic) bond motifs is 1. The number of halogens is 1. The number of hydrogen-bond donors (Lipinski definition) is 1. The van der Waals surface area contributed by atoms with Crippen LogP contribution in [-0.2, 0) is 4.79 Å². The number of rotatable bonds is 10. The number of Topliss-reactive ketones (excluding diaryl/α,β-unsaturated/α-hetero) is 1.